The fourth-order valence-electron chi connectivity index (χ4n) is 4.51. The highest BCUT2D eigenvalue weighted by Crippen LogP contribution is 2.46. The monoisotopic (exact) mass is 545 g/mol. The van der Waals surface area contributed by atoms with Crippen molar-refractivity contribution < 1.29 is 23.4 Å². The van der Waals surface area contributed by atoms with Crippen LogP contribution in [-0.2, 0) is 18.7 Å². The summed E-state index contributed by atoms with van der Waals surface area (Å²) in [5.74, 6) is -1.14. The maximum absolute atomic E-state index is 13.8. The van der Waals surface area contributed by atoms with E-state index in [1.807, 2.05) is 66.7 Å². The summed E-state index contributed by atoms with van der Waals surface area (Å²) in [5.41, 5.74) is 2.46. The Bertz CT molecular complexity index is 1080. The maximum atomic E-state index is 13.8. The molecule has 1 saturated carbocycles. The first-order chi connectivity index (χ1) is 16.7. The van der Waals surface area contributed by atoms with Gasteiger partial charge in [-0.05, 0) is 72.0 Å². The Labute approximate surface area is 213 Å². The van der Waals surface area contributed by atoms with E-state index in [0.717, 1.165) is 32.8 Å². The molecule has 1 fully saturated rings. The summed E-state index contributed by atoms with van der Waals surface area (Å²) < 4.78 is 38.9. The first-order valence-corrected chi connectivity index (χ1v) is 12.4. The Hall–Kier alpha value is -2.64. The highest BCUT2D eigenvalue weighted by molar-refractivity contribution is 9.10. The number of halogens is 3. The second-order valence-electron chi connectivity index (χ2n) is 9.10. The van der Waals surface area contributed by atoms with E-state index in [1.165, 1.54) is 0 Å². The number of hydrogen-bond donors (Lipinski definition) is 1. The maximum Gasteiger partial charge on any atom is 0.248 e. The molecule has 0 saturated heterocycles. The van der Waals surface area contributed by atoms with Crippen LogP contribution in [0.4, 0.5) is 14.5 Å². The number of methoxy groups -OCH3 is 2. The highest BCUT2D eigenvalue weighted by Gasteiger charge is 2.44. The van der Waals surface area contributed by atoms with Gasteiger partial charge in [-0.25, -0.2) is 8.78 Å². The van der Waals surface area contributed by atoms with Crippen molar-refractivity contribution in [2.45, 2.75) is 50.3 Å². The van der Waals surface area contributed by atoms with Crippen molar-refractivity contribution in [1.29, 1.82) is 0 Å². The van der Waals surface area contributed by atoms with Crippen LogP contribution in [0.1, 0.15) is 42.4 Å². The average molecular weight is 546 g/mol. The first kappa shape index (κ1) is 25.5. The second-order valence-corrected chi connectivity index (χ2v) is 9.96. The molecule has 1 aliphatic rings. The topological polar surface area (TPSA) is 41.9 Å². The van der Waals surface area contributed by atoms with E-state index < -0.39 is 11.5 Å². The molecular formula is C28H30BrF2NO3. The normalized spacial score (nSPS) is 16.5. The lowest BCUT2D eigenvalue weighted by molar-refractivity contribution is -0.107. The number of alkyl halides is 2. The van der Waals surface area contributed by atoms with Gasteiger partial charge in [0.25, 0.3) is 0 Å². The quantitative estimate of drug-likeness (QED) is 0.328. The van der Waals surface area contributed by atoms with Crippen LogP contribution in [0.25, 0.3) is 0 Å². The van der Waals surface area contributed by atoms with E-state index in [0.29, 0.717) is 18.7 Å². The second kappa shape index (κ2) is 10.5. The van der Waals surface area contributed by atoms with Crippen molar-refractivity contribution in [3.05, 3.63) is 87.9 Å². The number of benzene rings is 3. The van der Waals surface area contributed by atoms with Gasteiger partial charge in [0, 0.05) is 36.1 Å². The molecule has 0 radical (unpaired) electrons. The average Bonchev–Trinajstić information content (AvgIpc) is 2.87. The summed E-state index contributed by atoms with van der Waals surface area (Å²) in [6.07, 6.45) is -0.582. The Kier molecular flexibility index (Phi) is 7.67. The van der Waals surface area contributed by atoms with E-state index in [4.69, 9.17) is 9.47 Å². The lowest BCUT2D eigenvalue weighted by Crippen LogP contribution is -2.36. The number of nitrogens with zero attached hydrogens (tertiary/aromatic N) is 1. The van der Waals surface area contributed by atoms with Gasteiger partial charge >= 0.3 is 0 Å². The number of aliphatic hydroxyl groups is 1. The zero-order chi connectivity index (χ0) is 25.1. The lowest BCUT2D eigenvalue weighted by Gasteiger charge is -2.37. The largest absolute Gasteiger partial charge is 0.497 e. The van der Waals surface area contributed by atoms with Gasteiger partial charge in [0.1, 0.15) is 11.5 Å². The van der Waals surface area contributed by atoms with Gasteiger partial charge in [-0.15, -0.1) is 0 Å². The third-order valence-corrected chi connectivity index (χ3v) is 7.38. The van der Waals surface area contributed by atoms with Gasteiger partial charge in [0.15, 0.2) is 0 Å². The van der Waals surface area contributed by atoms with Crippen molar-refractivity contribution in [2.24, 2.45) is 0 Å². The summed E-state index contributed by atoms with van der Waals surface area (Å²) in [7, 11) is 3.28. The molecule has 0 bridgehead atoms. The smallest absolute Gasteiger partial charge is 0.248 e. The molecule has 4 rings (SSSR count). The van der Waals surface area contributed by atoms with Crippen molar-refractivity contribution in [2.75, 3.05) is 19.1 Å². The summed E-state index contributed by atoms with van der Waals surface area (Å²) in [6, 6.07) is 21.6. The molecule has 7 heteroatoms. The molecule has 0 spiro atoms. The van der Waals surface area contributed by atoms with Gasteiger partial charge in [0.05, 0.1) is 19.8 Å². The Morgan fingerprint density at radius 2 is 1.29 bits per heavy atom. The Morgan fingerprint density at radius 3 is 1.74 bits per heavy atom. The minimum atomic E-state index is -2.72. The lowest BCUT2D eigenvalue weighted by atomic mass is 9.78. The fraction of sp³-hybridized carbons (Fsp3) is 0.357. The van der Waals surface area contributed by atoms with Crippen LogP contribution in [0, 0.1) is 0 Å². The van der Waals surface area contributed by atoms with Gasteiger partial charge in [-0.3, -0.25) is 0 Å². The zero-order valence-corrected chi connectivity index (χ0v) is 21.5. The molecule has 0 aliphatic heterocycles. The van der Waals surface area contributed by atoms with Crippen molar-refractivity contribution in [3.8, 4) is 11.5 Å². The molecule has 0 atom stereocenters. The molecule has 0 amide bonds. The number of anilines is 1. The van der Waals surface area contributed by atoms with E-state index in [-0.39, 0.29) is 25.7 Å². The summed E-state index contributed by atoms with van der Waals surface area (Å²) in [5, 5.41) is 11.3. The zero-order valence-electron chi connectivity index (χ0n) is 19.9. The van der Waals surface area contributed by atoms with Crippen LogP contribution in [0.5, 0.6) is 11.5 Å². The van der Waals surface area contributed by atoms with Crippen LogP contribution < -0.4 is 14.4 Å². The summed E-state index contributed by atoms with van der Waals surface area (Å²) in [4.78, 5) is 2.21. The molecule has 35 heavy (non-hydrogen) atoms. The number of hydrogen-bond acceptors (Lipinski definition) is 4. The van der Waals surface area contributed by atoms with E-state index in [9.17, 15) is 13.9 Å². The minimum Gasteiger partial charge on any atom is -0.497 e. The third-order valence-electron chi connectivity index (χ3n) is 6.69. The minimum absolute atomic E-state index is 0.0268. The molecule has 3 aromatic rings. The van der Waals surface area contributed by atoms with Crippen LogP contribution in [-0.4, -0.2) is 25.2 Å². The SMILES string of the molecule is COc1ccc(CN(Cc2ccc(OC)cc2)c2ccc(Br)c(C3(O)CCC(F)(F)CC3)c2)cc1. The van der Waals surface area contributed by atoms with Gasteiger partial charge in [-0.2, -0.15) is 0 Å². The van der Waals surface area contributed by atoms with E-state index in [2.05, 4.69) is 20.8 Å². The fourth-order valence-corrected chi connectivity index (χ4v) is 5.12. The van der Waals surface area contributed by atoms with Gasteiger partial charge < -0.3 is 19.5 Å². The molecule has 0 heterocycles. The Balaban J connectivity index is 1.66. The number of ether oxygens (including phenoxy) is 2. The predicted molar refractivity (Wildman–Crippen MR) is 137 cm³/mol. The molecule has 0 aromatic heterocycles. The van der Waals surface area contributed by atoms with Crippen LogP contribution in [0.2, 0.25) is 0 Å². The van der Waals surface area contributed by atoms with Crippen molar-refractivity contribution >= 4 is 21.6 Å². The third kappa shape index (κ3) is 6.14. The molecular weight excluding hydrogens is 516 g/mol. The van der Waals surface area contributed by atoms with Gasteiger partial charge in [0.2, 0.25) is 5.92 Å². The summed E-state index contributed by atoms with van der Waals surface area (Å²) in [6.45, 7) is 1.24. The van der Waals surface area contributed by atoms with Crippen LogP contribution in [0.3, 0.4) is 0 Å². The van der Waals surface area contributed by atoms with Crippen molar-refractivity contribution in [3.63, 3.8) is 0 Å². The molecule has 1 aliphatic carbocycles. The molecule has 0 unspecified atom stereocenters. The molecule has 1 N–H and O–H groups in total. The molecule has 3 aromatic carbocycles. The van der Waals surface area contributed by atoms with E-state index >= 15 is 0 Å². The van der Waals surface area contributed by atoms with Crippen molar-refractivity contribution in [1.82, 2.24) is 0 Å². The van der Waals surface area contributed by atoms with E-state index in [1.54, 1.807) is 14.2 Å². The Morgan fingerprint density at radius 1 is 0.800 bits per heavy atom. The predicted octanol–water partition coefficient (Wildman–Crippen LogP) is 7.07. The summed E-state index contributed by atoms with van der Waals surface area (Å²) >= 11 is 3.55. The van der Waals surface area contributed by atoms with Crippen LogP contribution in [0.15, 0.2) is 71.2 Å². The first-order valence-electron chi connectivity index (χ1n) is 11.6. The van der Waals surface area contributed by atoms with Gasteiger partial charge in [-0.1, -0.05) is 40.2 Å². The highest BCUT2D eigenvalue weighted by atomic mass is 79.9. The molecule has 4 nitrogen and oxygen atoms in total. The standard InChI is InChI=1S/C28H30BrF2NO3/c1-34-23-8-3-20(4-9-23)18-32(19-21-5-10-24(35-2)11-6-21)22-7-12-26(29)25(17-22)27(33)13-15-28(30,31)16-14-27/h3-12,17,33H,13-16,18-19H2,1-2H3. The van der Waals surface area contributed by atoms with Crippen LogP contribution >= 0.6 is 15.9 Å². The number of rotatable bonds is 8. The molecule has 186 valence electrons.